The minimum Gasteiger partial charge on any atom is -0.476 e. The molecule has 1 unspecified atom stereocenters. The molecule has 1 saturated heterocycles. The third-order valence-corrected chi connectivity index (χ3v) is 4.55. The number of rotatable bonds is 4. The highest BCUT2D eigenvalue weighted by Gasteiger charge is 2.23. The van der Waals surface area contributed by atoms with E-state index in [4.69, 9.17) is 4.74 Å². The number of nitrogens with zero attached hydrogens (tertiary/aromatic N) is 3. The Hall–Kier alpha value is -2.34. The van der Waals surface area contributed by atoms with E-state index in [1.807, 2.05) is 13.0 Å². The highest BCUT2D eigenvalue weighted by atomic mass is 19.1. The Morgan fingerprint density at radius 2 is 2.23 bits per heavy atom. The van der Waals surface area contributed by atoms with E-state index in [0.717, 1.165) is 12.1 Å². The second-order valence-corrected chi connectivity index (χ2v) is 6.59. The van der Waals surface area contributed by atoms with Gasteiger partial charge in [0.05, 0.1) is 0 Å². The Morgan fingerprint density at radius 1 is 1.50 bits per heavy atom. The molecule has 1 aliphatic heterocycles. The number of hydrogen-bond acceptors (Lipinski definition) is 5. The molecule has 0 aromatic heterocycles. The van der Waals surface area contributed by atoms with Crippen LogP contribution in [0, 0.1) is 4.91 Å². The summed E-state index contributed by atoms with van der Waals surface area (Å²) < 4.78 is 20.2. The second-order valence-electron chi connectivity index (χ2n) is 6.59. The van der Waals surface area contributed by atoms with Crippen molar-refractivity contribution in [2.24, 2.45) is 10.2 Å². The van der Waals surface area contributed by atoms with Crippen LogP contribution in [-0.4, -0.2) is 36.5 Å². The van der Waals surface area contributed by atoms with Crippen LogP contribution in [0.15, 0.2) is 68.9 Å². The van der Waals surface area contributed by atoms with E-state index in [1.165, 1.54) is 6.92 Å². The summed E-state index contributed by atoms with van der Waals surface area (Å²) in [5.74, 6) is -0.109. The van der Waals surface area contributed by atoms with Crippen molar-refractivity contribution in [1.29, 1.82) is 0 Å². The SMILES string of the molecule is C=C1CN(CC)C(C)CO/C1=N/C(C1=C(C)CC=CC(N=O)=C1)=C(\C)F. The average molecular weight is 359 g/mol. The van der Waals surface area contributed by atoms with E-state index in [-0.39, 0.29) is 17.4 Å². The minimum absolute atomic E-state index is 0.154. The number of likely N-dealkylation sites (N-methyl/N-ethyl adjacent to an activating group) is 1. The first-order chi connectivity index (χ1) is 12.4. The van der Waals surface area contributed by atoms with Crippen LogP contribution in [-0.2, 0) is 4.74 Å². The summed E-state index contributed by atoms with van der Waals surface area (Å²) in [4.78, 5) is 17.7. The van der Waals surface area contributed by atoms with Gasteiger partial charge in [0.15, 0.2) is 0 Å². The maximum atomic E-state index is 14.4. The third kappa shape index (κ3) is 4.64. The average Bonchev–Trinajstić information content (AvgIpc) is 2.87. The zero-order chi connectivity index (χ0) is 19.3. The summed E-state index contributed by atoms with van der Waals surface area (Å²) in [6.07, 6.45) is 5.61. The summed E-state index contributed by atoms with van der Waals surface area (Å²) in [5, 5.41) is 2.98. The molecule has 5 nitrogen and oxygen atoms in total. The fourth-order valence-corrected chi connectivity index (χ4v) is 2.95. The Labute approximate surface area is 154 Å². The van der Waals surface area contributed by atoms with Crippen molar-refractivity contribution in [2.45, 2.75) is 40.2 Å². The van der Waals surface area contributed by atoms with E-state index in [0.29, 0.717) is 36.6 Å². The molecule has 1 atom stereocenters. The molecular formula is C20H26FN3O2. The summed E-state index contributed by atoms with van der Waals surface area (Å²) in [6, 6.07) is 0.220. The van der Waals surface area contributed by atoms with Crippen molar-refractivity contribution in [3.05, 3.63) is 63.7 Å². The van der Waals surface area contributed by atoms with Gasteiger partial charge in [-0.1, -0.05) is 25.2 Å². The second kappa shape index (κ2) is 8.85. The first kappa shape index (κ1) is 20.0. The Bertz CT molecular complexity index is 740. The third-order valence-electron chi connectivity index (χ3n) is 4.55. The smallest absolute Gasteiger partial charge is 0.217 e. The van der Waals surface area contributed by atoms with Crippen LogP contribution < -0.4 is 0 Å². The van der Waals surface area contributed by atoms with Crippen LogP contribution in [0.4, 0.5) is 4.39 Å². The van der Waals surface area contributed by atoms with Crippen LogP contribution in [0.25, 0.3) is 0 Å². The highest BCUT2D eigenvalue weighted by Crippen LogP contribution is 2.29. The van der Waals surface area contributed by atoms with Gasteiger partial charge in [-0.25, -0.2) is 9.38 Å². The predicted octanol–water partition coefficient (Wildman–Crippen LogP) is 4.81. The van der Waals surface area contributed by atoms with Gasteiger partial charge in [-0.2, -0.15) is 0 Å². The van der Waals surface area contributed by atoms with Gasteiger partial charge in [-0.05, 0) is 51.1 Å². The fourth-order valence-electron chi connectivity index (χ4n) is 2.95. The molecule has 2 aliphatic rings. The Kier molecular flexibility index (Phi) is 6.80. The molecule has 26 heavy (non-hydrogen) atoms. The van der Waals surface area contributed by atoms with E-state index in [9.17, 15) is 9.30 Å². The zero-order valence-electron chi connectivity index (χ0n) is 15.9. The first-order valence-corrected chi connectivity index (χ1v) is 8.79. The lowest BCUT2D eigenvalue weighted by Gasteiger charge is -2.23. The number of allylic oxidation sites excluding steroid dienone is 5. The van der Waals surface area contributed by atoms with E-state index >= 15 is 0 Å². The van der Waals surface area contributed by atoms with Crippen molar-refractivity contribution >= 4 is 5.90 Å². The van der Waals surface area contributed by atoms with Gasteiger partial charge < -0.3 is 4.74 Å². The standard InChI is InChI=1S/C20H26FN3O2/c1-6-24-11-14(3)20(26-12-15(24)4)22-19(16(5)21)18-10-17(23-25)9-7-8-13(18)2/h7,9-10,15H,3,6,8,11-12H2,1-2,4-5H3/b19-16+,22-20+. The molecule has 1 aliphatic carbocycles. The molecule has 0 bridgehead atoms. The molecule has 2 rings (SSSR count). The topological polar surface area (TPSA) is 54.3 Å². The maximum Gasteiger partial charge on any atom is 0.217 e. The molecule has 0 amide bonds. The Balaban J connectivity index is 2.46. The van der Waals surface area contributed by atoms with Gasteiger partial charge in [-0.3, -0.25) is 4.90 Å². The van der Waals surface area contributed by atoms with Gasteiger partial charge in [0.2, 0.25) is 5.90 Å². The lowest BCUT2D eigenvalue weighted by molar-refractivity contribution is 0.174. The van der Waals surface area contributed by atoms with E-state index in [2.05, 4.69) is 35.5 Å². The van der Waals surface area contributed by atoms with Gasteiger partial charge in [-0.15, -0.1) is 4.91 Å². The summed E-state index contributed by atoms with van der Waals surface area (Å²) in [6.45, 7) is 13.4. The highest BCUT2D eigenvalue weighted by molar-refractivity contribution is 5.94. The lowest BCUT2D eigenvalue weighted by Crippen LogP contribution is -2.35. The molecule has 140 valence electrons. The first-order valence-electron chi connectivity index (χ1n) is 8.79. The normalized spacial score (nSPS) is 24.7. The molecule has 0 spiro atoms. The molecule has 0 saturated carbocycles. The summed E-state index contributed by atoms with van der Waals surface area (Å²) >= 11 is 0. The molecule has 0 radical (unpaired) electrons. The van der Waals surface area contributed by atoms with Gasteiger partial charge in [0.25, 0.3) is 0 Å². The number of aliphatic imine (C=N–C) groups is 1. The van der Waals surface area contributed by atoms with Gasteiger partial charge >= 0.3 is 0 Å². The monoisotopic (exact) mass is 359 g/mol. The lowest BCUT2D eigenvalue weighted by atomic mass is 10.0. The van der Waals surface area contributed by atoms with Crippen LogP contribution >= 0.6 is 0 Å². The molecule has 0 aromatic rings. The predicted molar refractivity (Wildman–Crippen MR) is 103 cm³/mol. The minimum atomic E-state index is -0.448. The van der Waals surface area contributed by atoms with E-state index < -0.39 is 5.83 Å². The van der Waals surface area contributed by atoms with Crippen LogP contribution in [0.1, 0.15) is 34.1 Å². The van der Waals surface area contributed by atoms with Gasteiger partial charge in [0, 0.05) is 23.7 Å². The van der Waals surface area contributed by atoms with Crippen molar-refractivity contribution in [3.63, 3.8) is 0 Å². The molecule has 0 aromatic carbocycles. The number of halogens is 1. The van der Waals surface area contributed by atoms with Crippen molar-refractivity contribution < 1.29 is 9.13 Å². The molecule has 0 N–H and O–H groups in total. The quantitative estimate of drug-likeness (QED) is 0.677. The molecular weight excluding hydrogens is 333 g/mol. The zero-order valence-corrected chi connectivity index (χ0v) is 15.9. The van der Waals surface area contributed by atoms with Crippen molar-refractivity contribution in [2.75, 3.05) is 19.7 Å². The Morgan fingerprint density at radius 3 is 2.85 bits per heavy atom. The summed E-state index contributed by atoms with van der Waals surface area (Å²) in [7, 11) is 0. The maximum absolute atomic E-state index is 14.4. The molecule has 1 heterocycles. The number of ether oxygens (including phenoxy) is 1. The fraction of sp³-hybridized carbons (Fsp3) is 0.450. The molecule has 1 fully saturated rings. The number of nitroso groups, excluding NO2 is 1. The van der Waals surface area contributed by atoms with Crippen molar-refractivity contribution in [1.82, 2.24) is 4.90 Å². The molecule has 6 heteroatoms. The van der Waals surface area contributed by atoms with E-state index in [1.54, 1.807) is 12.2 Å². The van der Waals surface area contributed by atoms with Crippen LogP contribution in [0.2, 0.25) is 0 Å². The number of hydrogen-bond donors (Lipinski definition) is 0. The largest absolute Gasteiger partial charge is 0.476 e. The summed E-state index contributed by atoms with van der Waals surface area (Å²) in [5.41, 5.74) is 2.55. The van der Waals surface area contributed by atoms with Crippen LogP contribution in [0.3, 0.4) is 0 Å². The van der Waals surface area contributed by atoms with Gasteiger partial charge in [0.1, 0.15) is 23.8 Å². The van der Waals surface area contributed by atoms with Crippen molar-refractivity contribution in [3.8, 4) is 0 Å². The van der Waals surface area contributed by atoms with Crippen LogP contribution in [0.5, 0.6) is 0 Å².